The second-order valence-corrected chi connectivity index (χ2v) is 2.55. The van der Waals surface area contributed by atoms with Gasteiger partial charge in [0, 0.05) is 6.20 Å². The molecule has 59 valence electrons. The summed E-state index contributed by atoms with van der Waals surface area (Å²) in [7, 11) is 0. The fraction of sp³-hybridized carbons (Fsp3) is 0.444. The molecule has 2 heteroatoms. The molecule has 11 heavy (non-hydrogen) atoms. The van der Waals surface area contributed by atoms with E-state index in [1.807, 2.05) is 0 Å². The van der Waals surface area contributed by atoms with Gasteiger partial charge in [0.05, 0.1) is 5.69 Å². The molecular formula is C9H12NO. The zero-order chi connectivity index (χ0) is 8.10. The lowest BCUT2D eigenvalue weighted by molar-refractivity contribution is 0.346. The number of rotatable bonds is 3. The van der Waals surface area contributed by atoms with Crippen molar-refractivity contribution in [3.63, 3.8) is 0 Å². The lowest BCUT2D eigenvalue weighted by atomic mass is 10.2. The van der Waals surface area contributed by atoms with Crippen LogP contribution in [0.15, 0.2) is 18.3 Å². The minimum atomic E-state index is 0.0703. The van der Waals surface area contributed by atoms with Gasteiger partial charge in [-0.2, -0.15) is 0 Å². The maximum atomic E-state index is 11.1. The third-order valence-corrected chi connectivity index (χ3v) is 1.62. The molecule has 0 bridgehead atoms. The third-order valence-electron chi connectivity index (χ3n) is 1.62. The third kappa shape index (κ3) is 2.22. The molecule has 1 heterocycles. The summed E-state index contributed by atoms with van der Waals surface area (Å²) < 4.78 is 0. The van der Waals surface area contributed by atoms with E-state index in [9.17, 15) is 5.11 Å². The van der Waals surface area contributed by atoms with Gasteiger partial charge in [-0.3, -0.25) is 10.1 Å². The van der Waals surface area contributed by atoms with Crippen LogP contribution < -0.4 is 0 Å². The molecule has 0 aliphatic rings. The minimum absolute atomic E-state index is 0.0703. The van der Waals surface area contributed by atoms with Crippen molar-refractivity contribution in [1.82, 2.24) is 4.98 Å². The predicted octanol–water partition coefficient (Wildman–Crippen LogP) is 2.57. The molecule has 0 N–H and O–H groups in total. The zero-order valence-corrected chi connectivity index (χ0v) is 6.71. The smallest absolute Gasteiger partial charge is 0.200 e. The Hall–Kier alpha value is -1.05. The lowest BCUT2D eigenvalue weighted by Gasteiger charge is -1.97. The average Bonchev–Trinajstić information content (AvgIpc) is 2.03. The Labute approximate surface area is 66.9 Å². The van der Waals surface area contributed by atoms with Crippen LogP contribution in [0.3, 0.4) is 0 Å². The molecule has 0 saturated carbocycles. The Morgan fingerprint density at radius 3 is 3.00 bits per heavy atom. The highest BCUT2D eigenvalue weighted by molar-refractivity contribution is 5.24. The summed E-state index contributed by atoms with van der Waals surface area (Å²) in [6.45, 7) is 2.10. The van der Waals surface area contributed by atoms with Crippen molar-refractivity contribution in [2.75, 3.05) is 0 Å². The van der Waals surface area contributed by atoms with Gasteiger partial charge in [-0.25, -0.2) is 0 Å². The molecule has 0 aliphatic heterocycles. The number of aromatic nitrogens is 1. The molecule has 0 atom stereocenters. The van der Waals surface area contributed by atoms with Crippen molar-refractivity contribution in [3.05, 3.63) is 24.0 Å². The van der Waals surface area contributed by atoms with E-state index in [1.54, 1.807) is 18.3 Å². The Balaban J connectivity index is 2.62. The normalized spacial score (nSPS) is 9.91. The van der Waals surface area contributed by atoms with Crippen LogP contribution in [0.2, 0.25) is 0 Å². The molecule has 0 aromatic carbocycles. The molecule has 0 unspecified atom stereocenters. The first-order valence-electron chi connectivity index (χ1n) is 3.95. The summed E-state index contributed by atoms with van der Waals surface area (Å²) in [5.74, 6) is 0.0703. The van der Waals surface area contributed by atoms with Gasteiger partial charge < -0.3 is 0 Å². The lowest BCUT2D eigenvalue weighted by Crippen LogP contribution is -1.88. The van der Waals surface area contributed by atoms with E-state index in [2.05, 4.69) is 11.9 Å². The van der Waals surface area contributed by atoms with Crippen LogP contribution in [-0.4, -0.2) is 4.98 Å². The van der Waals surface area contributed by atoms with Crippen molar-refractivity contribution in [1.29, 1.82) is 0 Å². The highest BCUT2D eigenvalue weighted by atomic mass is 16.3. The Kier molecular flexibility index (Phi) is 2.90. The fourth-order valence-corrected chi connectivity index (χ4v) is 0.955. The van der Waals surface area contributed by atoms with E-state index in [0.717, 1.165) is 19.3 Å². The van der Waals surface area contributed by atoms with Crippen LogP contribution in [-0.2, 0) is 11.5 Å². The van der Waals surface area contributed by atoms with E-state index >= 15 is 0 Å². The van der Waals surface area contributed by atoms with Crippen LogP contribution in [0.1, 0.15) is 25.5 Å². The quantitative estimate of drug-likeness (QED) is 0.651. The number of hydrogen-bond donors (Lipinski definition) is 0. The van der Waals surface area contributed by atoms with Crippen LogP contribution >= 0.6 is 0 Å². The molecule has 1 rings (SSSR count). The van der Waals surface area contributed by atoms with Gasteiger partial charge in [-0.15, -0.1) is 0 Å². The van der Waals surface area contributed by atoms with Crippen LogP contribution in [0, 0.1) is 0 Å². The first-order chi connectivity index (χ1) is 5.34. The highest BCUT2D eigenvalue weighted by Gasteiger charge is 2.00. The van der Waals surface area contributed by atoms with Crippen molar-refractivity contribution in [2.24, 2.45) is 0 Å². The Morgan fingerprint density at radius 1 is 1.55 bits per heavy atom. The first-order valence-corrected chi connectivity index (χ1v) is 3.95. The molecule has 0 spiro atoms. The standard InChI is InChI=1S/C9H12NO/c1-2-3-5-8-9(11)6-4-7-10-8/h4,6-7H,2-3,5H2,1H3. The topological polar surface area (TPSA) is 32.8 Å². The number of nitrogens with zero attached hydrogens (tertiary/aromatic N) is 1. The highest BCUT2D eigenvalue weighted by Crippen LogP contribution is 2.15. The second-order valence-electron chi connectivity index (χ2n) is 2.55. The summed E-state index contributed by atoms with van der Waals surface area (Å²) in [6.07, 6.45) is 4.64. The van der Waals surface area contributed by atoms with Gasteiger partial charge in [-0.1, -0.05) is 13.3 Å². The van der Waals surface area contributed by atoms with Crippen LogP contribution in [0.25, 0.3) is 0 Å². The molecule has 1 aromatic heterocycles. The first kappa shape index (κ1) is 8.05. The molecular weight excluding hydrogens is 138 g/mol. The second kappa shape index (κ2) is 3.96. The Morgan fingerprint density at radius 2 is 2.36 bits per heavy atom. The predicted molar refractivity (Wildman–Crippen MR) is 43.0 cm³/mol. The van der Waals surface area contributed by atoms with Gasteiger partial charge in [0.15, 0.2) is 5.75 Å². The van der Waals surface area contributed by atoms with E-state index in [4.69, 9.17) is 0 Å². The van der Waals surface area contributed by atoms with Crippen molar-refractivity contribution in [2.45, 2.75) is 26.2 Å². The molecule has 2 nitrogen and oxygen atoms in total. The molecule has 0 saturated heterocycles. The summed E-state index contributed by atoms with van der Waals surface area (Å²) >= 11 is 0. The van der Waals surface area contributed by atoms with Crippen LogP contribution in [0.5, 0.6) is 5.75 Å². The maximum Gasteiger partial charge on any atom is 0.200 e. The Bertz CT molecular complexity index is 223. The fourth-order valence-electron chi connectivity index (χ4n) is 0.955. The summed E-state index contributed by atoms with van der Waals surface area (Å²) in [5.41, 5.74) is 0.703. The van der Waals surface area contributed by atoms with Gasteiger partial charge in [0.2, 0.25) is 0 Å². The van der Waals surface area contributed by atoms with E-state index in [-0.39, 0.29) is 5.75 Å². The van der Waals surface area contributed by atoms with E-state index < -0.39 is 0 Å². The number of unbranched alkanes of at least 4 members (excludes halogenated alkanes) is 1. The summed E-state index contributed by atoms with van der Waals surface area (Å²) in [6, 6.07) is 3.25. The number of pyridine rings is 1. The molecule has 1 aromatic rings. The number of hydrogen-bond acceptors (Lipinski definition) is 1. The van der Waals surface area contributed by atoms with E-state index in [0.29, 0.717) is 5.69 Å². The van der Waals surface area contributed by atoms with Gasteiger partial charge in [-0.05, 0) is 25.0 Å². The van der Waals surface area contributed by atoms with Crippen LogP contribution in [0.4, 0.5) is 0 Å². The summed E-state index contributed by atoms with van der Waals surface area (Å²) in [5, 5.41) is 11.1. The largest absolute Gasteiger partial charge is 0.288 e. The molecule has 0 amide bonds. The van der Waals surface area contributed by atoms with Gasteiger partial charge in [0.1, 0.15) is 0 Å². The number of aryl methyl sites for hydroxylation is 1. The van der Waals surface area contributed by atoms with E-state index in [1.165, 1.54) is 0 Å². The van der Waals surface area contributed by atoms with Gasteiger partial charge >= 0.3 is 0 Å². The molecule has 0 fully saturated rings. The SMILES string of the molecule is CCCCc1ncccc1[O]. The zero-order valence-electron chi connectivity index (χ0n) is 6.71. The van der Waals surface area contributed by atoms with Crippen molar-refractivity contribution < 1.29 is 5.11 Å². The van der Waals surface area contributed by atoms with Crippen molar-refractivity contribution in [3.8, 4) is 5.75 Å². The molecule has 1 radical (unpaired) electrons. The summed E-state index contributed by atoms with van der Waals surface area (Å²) in [4.78, 5) is 4.00. The molecule has 0 aliphatic carbocycles. The van der Waals surface area contributed by atoms with Gasteiger partial charge in [0.25, 0.3) is 0 Å². The van der Waals surface area contributed by atoms with Crippen molar-refractivity contribution >= 4 is 0 Å². The minimum Gasteiger partial charge on any atom is -0.288 e. The monoisotopic (exact) mass is 150 g/mol. The average molecular weight is 150 g/mol. The maximum absolute atomic E-state index is 11.1.